The second-order valence-electron chi connectivity index (χ2n) is 2.98. The lowest BCUT2D eigenvalue weighted by atomic mass is 10.0. The molecule has 1 fully saturated rings. The van der Waals surface area contributed by atoms with Gasteiger partial charge in [-0.05, 0) is 18.9 Å². The lowest BCUT2D eigenvalue weighted by Crippen LogP contribution is -2.06. The summed E-state index contributed by atoms with van der Waals surface area (Å²) >= 11 is 0. The fourth-order valence-corrected chi connectivity index (χ4v) is 0.998. The molecule has 0 aromatic heterocycles. The first-order valence-corrected chi connectivity index (χ1v) is 3.26. The van der Waals surface area contributed by atoms with Crippen molar-refractivity contribution in [2.75, 3.05) is 0 Å². The first-order valence-electron chi connectivity index (χ1n) is 3.26. The maximum absolute atomic E-state index is 4.00. The van der Waals surface area contributed by atoms with Crippen LogP contribution < -0.4 is 5.43 Å². The summed E-state index contributed by atoms with van der Waals surface area (Å²) in [7, 11) is 0. The maximum Gasteiger partial charge on any atom is 0.0705 e. The van der Waals surface area contributed by atoms with E-state index in [4.69, 9.17) is 0 Å². The van der Waals surface area contributed by atoms with E-state index in [0.717, 1.165) is 0 Å². The van der Waals surface area contributed by atoms with E-state index >= 15 is 0 Å². The zero-order valence-corrected chi connectivity index (χ0v) is 5.46. The summed E-state index contributed by atoms with van der Waals surface area (Å²) < 4.78 is 0. The minimum Gasteiger partial charge on any atom is -0.159 e. The Morgan fingerprint density at radius 2 is 2.33 bits per heavy atom. The molecule has 0 N–H and O–H groups in total. The largest absolute Gasteiger partial charge is 0.159 e. The summed E-state index contributed by atoms with van der Waals surface area (Å²) in [6.45, 7) is 2.23. The summed E-state index contributed by atoms with van der Waals surface area (Å²) in [6.07, 6.45) is 6.34. The molecule has 9 heavy (non-hydrogen) atoms. The van der Waals surface area contributed by atoms with E-state index < -0.39 is 0 Å². The molecule has 1 aliphatic heterocycles. The van der Waals surface area contributed by atoms with Crippen LogP contribution in [0.4, 0.5) is 0 Å². The molecular weight excluding hydrogens is 112 g/mol. The van der Waals surface area contributed by atoms with Crippen LogP contribution in [-0.2, 0) is 0 Å². The lowest BCUT2D eigenvalue weighted by molar-refractivity contribution is 0.796. The van der Waals surface area contributed by atoms with Gasteiger partial charge in [-0.15, -0.1) is 0 Å². The maximum atomic E-state index is 4.00. The van der Waals surface area contributed by atoms with Crippen LogP contribution in [-0.4, -0.2) is 5.71 Å². The third-order valence-corrected chi connectivity index (χ3v) is 2.08. The van der Waals surface area contributed by atoms with Crippen molar-refractivity contribution in [2.24, 2.45) is 10.5 Å². The van der Waals surface area contributed by atoms with Crippen LogP contribution in [0.15, 0.2) is 17.4 Å². The molecule has 0 atom stereocenters. The van der Waals surface area contributed by atoms with Crippen molar-refractivity contribution in [1.29, 1.82) is 0 Å². The molecule has 0 bridgehead atoms. The zero-order valence-electron chi connectivity index (χ0n) is 5.46. The topological polar surface area (TPSA) is 26.5 Å². The summed E-state index contributed by atoms with van der Waals surface area (Å²) in [4.78, 5) is 0. The van der Waals surface area contributed by atoms with Crippen LogP contribution >= 0.6 is 0 Å². The van der Waals surface area contributed by atoms with Gasteiger partial charge in [0.1, 0.15) is 0 Å². The highest BCUT2D eigenvalue weighted by Crippen LogP contribution is 2.47. The van der Waals surface area contributed by atoms with E-state index in [1.54, 1.807) is 6.20 Å². The van der Waals surface area contributed by atoms with Gasteiger partial charge in [-0.25, -0.2) is 0 Å². The van der Waals surface area contributed by atoms with E-state index in [2.05, 4.69) is 17.5 Å². The standard InChI is InChI=1S/C7H9N2/c1-7(3-4-7)6-2-5-8-9-6/h2,5H,3-4H2,1H3. The summed E-state index contributed by atoms with van der Waals surface area (Å²) in [5.74, 6) is 0. The third-order valence-electron chi connectivity index (χ3n) is 2.08. The Balaban J connectivity index is 2.22. The molecule has 0 spiro atoms. The van der Waals surface area contributed by atoms with Crippen LogP contribution in [0.2, 0.25) is 0 Å². The normalized spacial score (nSPS) is 27.4. The fraction of sp³-hybridized carbons (Fsp3) is 0.571. The quantitative estimate of drug-likeness (QED) is 0.499. The van der Waals surface area contributed by atoms with E-state index in [1.807, 2.05) is 6.08 Å². The number of rotatable bonds is 1. The van der Waals surface area contributed by atoms with Crippen LogP contribution in [0, 0.1) is 5.41 Å². The van der Waals surface area contributed by atoms with Crippen LogP contribution in [0.1, 0.15) is 19.8 Å². The van der Waals surface area contributed by atoms with Crippen molar-refractivity contribution in [3.8, 4) is 0 Å². The van der Waals surface area contributed by atoms with Crippen LogP contribution in [0.5, 0.6) is 0 Å². The van der Waals surface area contributed by atoms with Gasteiger partial charge in [-0.1, -0.05) is 6.92 Å². The van der Waals surface area contributed by atoms with Gasteiger partial charge < -0.3 is 0 Å². The fourth-order valence-electron chi connectivity index (χ4n) is 0.998. The zero-order chi connectivity index (χ0) is 6.32. The highest BCUT2D eigenvalue weighted by molar-refractivity contribution is 6.02. The molecule has 0 aromatic carbocycles. The summed E-state index contributed by atoms with van der Waals surface area (Å²) in [5, 5.41) is 4.00. The van der Waals surface area contributed by atoms with Gasteiger partial charge in [0, 0.05) is 5.41 Å². The molecular formula is C7H9N2. The summed E-state index contributed by atoms with van der Waals surface area (Å²) in [6, 6.07) is 0. The molecule has 0 unspecified atom stereocenters. The number of allylic oxidation sites excluding steroid dienone is 1. The SMILES string of the molecule is CC1(C2=N[N]C=C2)CC1. The Labute approximate surface area is 54.6 Å². The van der Waals surface area contributed by atoms with Crippen molar-refractivity contribution in [1.82, 2.24) is 5.43 Å². The molecule has 2 nitrogen and oxygen atoms in total. The molecule has 47 valence electrons. The van der Waals surface area contributed by atoms with Crippen molar-refractivity contribution >= 4 is 5.71 Å². The minimum absolute atomic E-state index is 0.399. The molecule has 2 aliphatic rings. The first kappa shape index (κ1) is 5.03. The smallest absolute Gasteiger partial charge is 0.0705 e. The highest BCUT2D eigenvalue weighted by atomic mass is 15.3. The van der Waals surface area contributed by atoms with Gasteiger partial charge in [-0.3, -0.25) is 0 Å². The second-order valence-corrected chi connectivity index (χ2v) is 2.98. The number of nitrogens with zero attached hydrogens (tertiary/aromatic N) is 2. The monoisotopic (exact) mass is 121 g/mol. The van der Waals surface area contributed by atoms with E-state index in [1.165, 1.54) is 18.6 Å². The van der Waals surface area contributed by atoms with Gasteiger partial charge >= 0.3 is 0 Å². The molecule has 2 heteroatoms. The van der Waals surface area contributed by atoms with Gasteiger partial charge in [0.15, 0.2) is 0 Å². The van der Waals surface area contributed by atoms with Gasteiger partial charge in [0.2, 0.25) is 0 Å². The van der Waals surface area contributed by atoms with E-state index in [-0.39, 0.29) is 0 Å². The van der Waals surface area contributed by atoms with Crippen molar-refractivity contribution in [3.63, 3.8) is 0 Å². The number of hydrogen-bond donors (Lipinski definition) is 0. The Hall–Kier alpha value is -0.790. The van der Waals surface area contributed by atoms with Crippen molar-refractivity contribution < 1.29 is 0 Å². The molecule has 1 heterocycles. The summed E-state index contributed by atoms with van der Waals surface area (Å²) in [5.41, 5.74) is 5.35. The second kappa shape index (κ2) is 1.38. The van der Waals surface area contributed by atoms with E-state index in [9.17, 15) is 0 Å². The molecule has 0 saturated heterocycles. The van der Waals surface area contributed by atoms with Crippen LogP contribution in [0.3, 0.4) is 0 Å². The van der Waals surface area contributed by atoms with Crippen LogP contribution in [0.25, 0.3) is 0 Å². The van der Waals surface area contributed by atoms with Crippen molar-refractivity contribution in [3.05, 3.63) is 12.3 Å². The Kier molecular flexibility index (Phi) is 0.770. The molecule has 0 amide bonds. The van der Waals surface area contributed by atoms with Gasteiger partial charge in [0.05, 0.1) is 11.9 Å². The minimum atomic E-state index is 0.399. The molecule has 1 aliphatic carbocycles. The highest BCUT2D eigenvalue weighted by Gasteiger charge is 2.42. The molecule has 1 saturated carbocycles. The predicted molar refractivity (Wildman–Crippen MR) is 36.0 cm³/mol. The first-order chi connectivity index (χ1) is 4.31. The third kappa shape index (κ3) is 0.661. The van der Waals surface area contributed by atoms with E-state index in [0.29, 0.717) is 5.41 Å². The van der Waals surface area contributed by atoms with Gasteiger partial charge in [0.25, 0.3) is 0 Å². The molecule has 2 rings (SSSR count). The number of hydrogen-bond acceptors (Lipinski definition) is 1. The molecule has 0 aromatic rings. The Morgan fingerprint density at radius 1 is 1.56 bits per heavy atom. The Morgan fingerprint density at radius 3 is 2.78 bits per heavy atom. The molecule has 1 radical (unpaired) electrons. The lowest BCUT2D eigenvalue weighted by Gasteiger charge is -2.01. The van der Waals surface area contributed by atoms with Crippen molar-refractivity contribution in [2.45, 2.75) is 19.8 Å². The Bertz CT molecular complexity index is 187. The van der Waals surface area contributed by atoms with Gasteiger partial charge in [-0.2, -0.15) is 10.5 Å². The average Bonchev–Trinajstić information content (AvgIpc) is 2.46. The average molecular weight is 121 g/mol. The predicted octanol–water partition coefficient (Wildman–Crippen LogP) is 1.27.